The number of hydrogen-bond donors (Lipinski definition) is 1. The molecule has 0 fully saturated rings. The summed E-state index contributed by atoms with van der Waals surface area (Å²) in [6.45, 7) is 14.2. The van der Waals surface area contributed by atoms with Crippen LogP contribution in [0.3, 0.4) is 0 Å². The van der Waals surface area contributed by atoms with Crippen LogP contribution in [0.15, 0.2) is 18.3 Å². The highest BCUT2D eigenvalue weighted by Gasteiger charge is 2.37. The van der Waals surface area contributed by atoms with E-state index in [1.807, 2.05) is 12.3 Å². The average Bonchev–Trinajstić information content (AvgIpc) is 2.53. The SMILES string of the molecule is CC(C)(C)[Si](C)(C)OCc1ccnc(C2=CC[C@@](C)(CO)CC2)n1. The predicted octanol–water partition coefficient (Wildman–Crippen LogP) is 4.56. The van der Waals surface area contributed by atoms with E-state index < -0.39 is 8.32 Å². The highest BCUT2D eigenvalue weighted by Crippen LogP contribution is 2.38. The summed E-state index contributed by atoms with van der Waals surface area (Å²) in [6, 6.07) is 1.94. The van der Waals surface area contributed by atoms with Crippen molar-refractivity contribution in [1.29, 1.82) is 0 Å². The van der Waals surface area contributed by atoms with Gasteiger partial charge in [0.2, 0.25) is 0 Å². The monoisotopic (exact) mass is 348 g/mol. The Bertz CT molecular complexity index is 608. The third-order valence-corrected chi connectivity index (χ3v) is 10.1. The van der Waals surface area contributed by atoms with Gasteiger partial charge < -0.3 is 9.53 Å². The van der Waals surface area contributed by atoms with Crippen LogP contribution in [0.4, 0.5) is 0 Å². The maximum atomic E-state index is 9.49. The van der Waals surface area contributed by atoms with Gasteiger partial charge in [0.25, 0.3) is 0 Å². The summed E-state index contributed by atoms with van der Waals surface area (Å²) in [4.78, 5) is 9.15. The second-order valence-electron chi connectivity index (χ2n) is 8.82. The maximum absolute atomic E-state index is 9.49. The van der Waals surface area contributed by atoms with Gasteiger partial charge in [0, 0.05) is 12.8 Å². The third kappa shape index (κ3) is 4.52. The van der Waals surface area contributed by atoms with Crippen molar-refractivity contribution in [3.8, 4) is 0 Å². The van der Waals surface area contributed by atoms with Gasteiger partial charge in [-0.1, -0.05) is 33.8 Å². The van der Waals surface area contributed by atoms with Crippen LogP contribution in [0.25, 0.3) is 5.57 Å². The van der Waals surface area contributed by atoms with Crippen molar-refractivity contribution < 1.29 is 9.53 Å². The van der Waals surface area contributed by atoms with Gasteiger partial charge >= 0.3 is 0 Å². The molecule has 134 valence electrons. The molecule has 1 aliphatic rings. The van der Waals surface area contributed by atoms with E-state index >= 15 is 0 Å². The fourth-order valence-corrected chi connectivity index (χ4v) is 3.40. The first-order chi connectivity index (χ1) is 11.1. The average molecular weight is 349 g/mol. The zero-order valence-electron chi connectivity index (χ0n) is 16.0. The lowest BCUT2D eigenvalue weighted by molar-refractivity contribution is 0.133. The van der Waals surface area contributed by atoms with E-state index in [1.54, 1.807) is 0 Å². The Morgan fingerprint density at radius 2 is 2.04 bits per heavy atom. The molecule has 1 atom stereocenters. The van der Waals surface area contributed by atoms with Crippen LogP contribution in [0.2, 0.25) is 18.1 Å². The number of aliphatic hydroxyl groups excluding tert-OH is 1. The normalized spacial score (nSPS) is 22.4. The summed E-state index contributed by atoms with van der Waals surface area (Å²) >= 11 is 0. The van der Waals surface area contributed by atoms with Gasteiger partial charge in [-0.25, -0.2) is 9.97 Å². The molecule has 0 aromatic carbocycles. The summed E-state index contributed by atoms with van der Waals surface area (Å²) < 4.78 is 6.27. The molecule has 1 aromatic rings. The Kier molecular flexibility index (Phi) is 5.67. The van der Waals surface area contributed by atoms with Gasteiger partial charge in [0.15, 0.2) is 14.1 Å². The van der Waals surface area contributed by atoms with Crippen LogP contribution in [0, 0.1) is 5.41 Å². The number of rotatable bonds is 5. The second-order valence-corrected chi connectivity index (χ2v) is 13.6. The Morgan fingerprint density at radius 3 is 2.58 bits per heavy atom. The predicted molar refractivity (Wildman–Crippen MR) is 101 cm³/mol. The summed E-state index contributed by atoms with van der Waals surface area (Å²) in [5.74, 6) is 0.811. The first-order valence-corrected chi connectivity index (χ1v) is 11.7. The first kappa shape index (κ1) is 19.3. The quantitative estimate of drug-likeness (QED) is 0.792. The van der Waals surface area contributed by atoms with Crippen LogP contribution >= 0.6 is 0 Å². The molecule has 1 aromatic heterocycles. The standard InChI is InChI=1S/C19H32N2O2Si/c1-18(2,3)24(5,6)23-13-16-9-12-20-17(21-16)15-7-10-19(4,14-22)11-8-15/h7,9,12,22H,8,10-11,13-14H2,1-6H3/t19-/m1/s1. The van der Waals surface area contributed by atoms with E-state index in [1.165, 1.54) is 5.57 Å². The van der Waals surface area contributed by atoms with Crippen molar-refractivity contribution in [1.82, 2.24) is 9.97 Å². The number of allylic oxidation sites excluding steroid dienone is 2. The van der Waals surface area contributed by atoms with E-state index in [2.05, 4.69) is 51.8 Å². The fraction of sp³-hybridized carbons (Fsp3) is 0.684. The second kappa shape index (κ2) is 7.06. The van der Waals surface area contributed by atoms with E-state index in [-0.39, 0.29) is 17.1 Å². The van der Waals surface area contributed by atoms with Crippen LogP contribution in [0.1, 0.15) is 58.5 Å². The smallest absolute Gasteiger partial charge is 0.192 e. The lowest BCUT2D eigenvalue weighted by atomic mass is 9.77. The lowest BCUT2D eigenvalue weighted by Crippen LogP contribution is -2.40. The minimum atomic E-state index is -1.77. The summed E-state index contributed by atoms with van der Waals surface area (Å²) in [5.41, 5.74) is 2.14. The number of aromatic nitrogens is 2. The van der Waals surface area contributed by atoms with E-state index in [0.717, 1.165) is 30.8 Å². The minimum Gasteiger partial charge on any atom is -0.411 e. The van der Waals surface area contributed by atoms with Gasteiger partial charge in [-0.05, 0) is 54.4 Å². The fourth-order valence-electron chi connectivity index (χ4n) is 2.46. The number of hydrogen-bond acceptors (Lipinski definition) is 4. The van der Waals surface area contributed by atoms with Crippen molar-refractivity contribution >= 4 is 13.9 Å². The van der Waals surface area contributed by atoms with Crippen molar-refractivity contribution in [2.45, 2.75) is 71.7 Å². The van der Waals surface area contributed by atoms with Gasteiger partial charge in [0.05, 0.1) is 12.3 Å². The molecule has 2 rings (SSSR count). The van der Waals surface area contributed by atoms with Crippen LogP contribution in [-0.2, 0) is 11.0 Å². The van der Waals surface area contributed by atoms with Gasteiger partial charge in [-0.15, -0.1) is 0 Å². The molecule has 1 N–H and O–H groups in total. The van der Waals surface area contributed by atoms with E-state index in [4.69, 9.17) is 9.41 Å². The summed E-state index contributed by atoms with van der Waals surface area (Å²) in [7, 11) is -1.77. The lowest BCUT2D eigenvalue weighted by Gasteiger charge is -2.36. The van der Waals surface area contributed by atoms with Crippen molar-refractivity contribution in [3.05, 3.63) is 29.9 Å². The molecule has 0 aliphatic heterocycles. The highest BCUT2D eigenvalue weighted by molar-refractivity contribution is 6.74. The molecule has 24 heavy (non-hydrogen) atoms. The van der Waals surface area contributed by atoms with Gasteiger partial charge in [-0.3, -0.25) is 0 Å². The molecule has 1 heterocycles. The zero-order chi connectivity index (χ0) is 18.0. The van der Waals surface area contributed by atoms with Crippen molar-refractivity contribution in [3.63, 3.8) is 0 Å². The minimum absolute atomic E-state index is 0.00650. The van der Waals surface area contributed by atoms with Crippen molar-refractivity contribution in [2.75, 3.05) is 6.61 Å². The van der Waals surface area contributed by atoms with Crippen molar-refractivity contribution in [2.24, 2.45) is 5.41 Å². The van der Waals surface area contributed by atoms with Gasteiger partial charge in [-0.2, -0.15) is 0 Å². The molecule has 0 saturated carbocycles. The molecule has 0 bridgehead atoms. The first-order valence-electron chi connectivity index (χ1n) is 8.82. The molecular formula is C19H32N2O2Si. The number of aliphatic hydroxyl groups is 1. The molecule has 1 aliphatic carbocycles. The van der Waals surface area contributed by atoms with Crippen LogP contribution < -0.4 is 0 Å². The highest BCUT2D eigenvalue weighted by atomic mass is 28.4. The van der Waals surface area contributed by atoms with E-state index in [9.17, 15) is 5.11 Å². The Labute approximate surface area is 147 Å². The molecule has 0 spiro atoms. The molecular weight excluding hydrogens is 316 g/mol. The molecule has 5 heteroatoms. The third-order valence-electron chi connectivity index (χ3n) is 5.61. The molecule has 0 amide bonds. The Hall–Kier alpha value is -1.04. The zero-order valence-corrected chi connectivity index (χ0v) is 17.0. The molecule has 0 radical (unpaired) electrons. The maximum Gasteiger partial charge on any atom is 0.192 e. The Balaban J connectivity index is 2.08. The van der Waals surface area contributed by atoms with E-state index in [0.29, 0.717) is 6.61 Å². The largest absolute Gasteiger partial charge is 0.411 e. The van der Waals surface area contributed by atoms with Crippen LogP contribution in [0.5, 0.6) is 0 Å². The molecule has 4 nitrogen and oxygen atoms in total. The summed E-state index contributed by atoms with van der Waals surface area (Å²) in [6.07, 6.45) is 6.79. The topological polar surface area (TPSA) is 55.2 Å². The molecule has 0 saturated heterocycles. The number of nitrogens with zero attached hydrogens (tertiary/aromatic N) is 2. The summed E-state index contributed by atoms with van der Waals surface area (Å²) in [5, 5.41) is 9.69. The van der Waals surface area contributed by atoms with Crippen LogP contribution in [-0.4, -0.2) is 30.0 Å². The molecule has 0 unspecified atom stereocenters. The van der Waals surface area contributed by atoms with Gasteiger partial charge in [0.1, 0.15) is 0 Å². The Morgan fingerprint density at radius 1 is 1.33 bits per heavy atom.